The topological polar surface area (TPSA) is 33.6 Å². The van der Waals surface area contributed by atoms with Gasteiger partial charge >= 0.3 is 0 Å². The molecular formula is C21H24N2O. The Labute approximate surface area is 143 Å². The highest BCUT2D eigenvalue weighted by Crippen LogP contribution is 2.50. The fourth-order valence-electron chi connectivity index (χ4n) is 3.78. The molecule has 0 radical (unpaired) electrons. The summed E-state index contributed by atoms with van der Waals surface area (Å²) >= 11 is 0. The van der Waals surface area contributed by atoms with Crippen molar-refractivity contribution in [2.75, 3.05) is 13.1 Å². The Hall–Kier alpha value is -2.13. The largest absolute Gasteiger partial charge is 0.391 e. The smallest absolute Gasteiger partial charge is 0.142 e. The lowest BCUT2D eigenvalue weighted by molar-refractivity contribution is 0.129. The van der Waals surface area contributed by atoms with Crippen LogP contribution in [0.2, 0.25) is 0 Å². The van der Waals surface area contributed by atoms with E-state index in [9.17, 15) is 0 Å². The molecule has 2 aliphatic rings. The van der Waals surface area contributed by atoms with Gasteiger partial charge in [-0.1, -0.05) is 47.6 Å². The zero-order valence-electron chi connectivity index (χ0n) is 14.3. The first-order valence-corrected chi connectivity index (χ1v) is 8.76. The van der Waals surface area contributed by atoms with Gasteiger partial charge in [0.1, 0.15) is 6.61 Å². The molecule has 0 aromatic heterocycles. The molecule has 0 amide bonds. The standard InChI is InChI=1S/C21H24N2O/c1-14-8-9-17(10-15(14)2)21(20-18-11-22-12-19(18)20)23-24-13-16-6-4-3-5-7-16/h3-10,18-20,22H,11-13H2,1-2H3. The zero-order chi connectivity index (χ0) is 16.5. The van der Waals surface area contributed by atoms with Gasteiger partial charge in [0, 0.05) is 5.92 Å². The Kier molecular flexibility index (Phi) is 4.11. The van der Waals surface area contributed by atoms with Gasteiger partial charge in [0.25, 0.3) is 0 Å². The monoisotopic (exact) mass is 320 g/mol. The van der Waals surface area contributed by atoms with E-state index >= 15 is 0 Å². The maximum absolute atomic E-state index is 5.74. The normalized spacial score (nSPS) is 25.4. The second-order valence-corrected chi connectivity index (χ2v) is 7.05. The second-order valence-electron chi connectivity index (χ2n) is 7.05. The van der Waals surface area contributed by atoms with Crippen molar-refractivity contribution in [3.63, 3.8) is 0 Å². The molecule has 3 heteroatoms. The van der Waals surface area contributed by atoms with Gasteiger partial charge in [-0.2, -0.15) is 0 Å². The predicted molar refractivity (Wildman–Crippen MR) is 97.0 cm³/mol. The molecule has 3 nitrogen and oxygen atoms in total. The molecule has 1 aliphatic carbocycles. The number of nitrogens with zero attached hydrogens (tertiary/aromatic N) is 1. The summed E-state index contributed by atoms with van der Waals surface area (Å²) in [6.07, 6.45) is 0. The molecule has 2 aromatic rings. The summed E-state index contributed by atoms with van der Waals surface area (Å²) in [5.41, 5.74) is 6.13. The molecule has 0 bridgehead atoms. The van der Waals surface area contributed by atoms with Gasteiger partial charge in [-0.3, -0.25) is 0 Å². The minimum atomic E-state index is 0.523. The number of nitrogens with one attached hydrogen (secondary N) is 1. The van der Waals surface area contributed by atoms with Gasteiger partial charge in [-0.25, -0.2) is 0 Å². The number of oxime groups is 1. The first kappa shape index (κ1) is 15.4. The summed E-state index contributed by atoms with van der Waals surface area (Å²) in [4.78, 5) is 5.74. The fourth-order valence-corrected chi connectivity index (χ4v) is 3.78. The molecule has 1 saturated heterocycles. The number of benzene rings is 2. The van der Waals surface area contributed by atoms with Crippen molar-refractivity contribution in [2.45, 2.75) is 20.5 Å². The average Bonchev–Trinajstić information content (AvgIpc) is 3.05. The summed E-state index contributed by atoms with van der Waals surface area (Å²) in [7, 11) is 0. The Morgan fingerprint density at radius 1 is 1.04 bits per heavy atom. The number of piperidine rings is 1. The molecule has 1 heterocycles. The first-order chi connectivity index (χ1) is 11.7. The van der Waals surface area contributed by atoms with Crippen LogP contribution in [0.1, 0.15) is 22.3 Å². The molecule has 1 saturated carbocycles. The van der Waals surface area contributed by atoms with Crippen LogP contribution in [-0.2, 0) is 11.4 Å². The molecule has 0 spiro atoms. The summed E-state index contributed by atoms with van der Waals surface area (Å²) in [6, 6.07) is 16.9. The highest BCUT2D eigenvalue weighted by atomic mass is 16.6. The molecule has 4 rings (SSSR count). The van der Waals surface area contributed by atoms with Gasteiger partial charge in [-0.05, 0) is 67.1 Å². The van der Waals surface area contributed by atoms with Crippen molar-refractivity contribution in [3.8, 4) is 0 Å². The van der Waals surface area contributed by atoms with Crippen LogP contribution in [0.5, 0.6) is 0 Å². The maximum Gasteiger partial charge on any atom is 0.142 e. The third kappa shape index (κ3) is 2.96. The van der Waals surface area contributed by atoms with Crippen molar-refractivity contribution in [3.05, 3.63) is 70.8 Å². The van der Waals surface area contributed by atoms with E-state index in [1.54, 1.807) is 0 Å². The average molecular weight is 320 g/mol. The number of aryl methyl sites for hydroxylation is 2. The summed E-state index contributed by atoms with van der Waals surface area (Å²) in [5, 5.41) is 8.06. The molecule has 124 valence electrons. The van der Waals surface area contributed by atoms with Gasteiger partial charge in [0.2, 0.25) is 0 Å². The van der Waals surface area contributed by atoms with Crippen LogP contribution in [0.3, 0.4) is 0 Å². The Bertz CT molecular complexity index is 744. The highest BCUT2D eigenvalue weighted by Gasteiger charge is 2.55. The van der Waals surface area contributed by atoms with Crippen LogP contribution in [0.15, 0.2) is 53.7 Å². The summed E-state index contributed by atoms with van der Waals surface area (Å²) in [6.45, 7) is 7.05. The molecule has 2 unspecified atom stereocenters. The molecule has 24 heavy (non-hydrogen) atoms. The van der Waals surface area contributed by atoms with E-state index in [1.165, 1.54) is 16.7 Å². The highest BCUT2D eigenvalue weighted by molar-refractivity contribution is 6.04. The van der Waals surface area contributed by atoms with Crippen LogP contribution in [0.25, 0.3) is 0 Å². The van der Waals surface area contributed by atoms with Crippen molar-refractivity contribution in [1.29, 1.82) is 0 Å². The van der Waals surface area contributed by atoms with Crippen LogP contribution in [-0.4, -0.2) is 18.8 Å². The van der Waals surface area contributed by atoms with E-state index in [4.69, 9.17) is 4.84 Å². The van der Waals surface area contributed by atoms with E-state index in [-0.39, 0.29) is 0 Å². The van der Waals surface area contributed by atoms with Crippen molar-refractivity contribution in [1.82, 2.24) is 5.32 Å². The van der Waals surface area contributed by atoms with Crippen LogP contribution in [0, 0.1) is 31.6 Å². The summed E-state index contributed by atoms with van der Waals surface area (Å²) < 4.78 is 0. The van der Waals surface area contributed by atoms with E-state index in [2.05, 4.69) is 54.7 Å². The lowest BCUT2D eigenvalue weighted by Gasteiger charge is -2.11. The van der Waals surface area contributed by atoms with Gasteiger partial charge in [0.15, 0.2) is 0 Å². The number of hydrogen-bond acceptors (Lipinski definition) is 3. The van der Waals surface area contributed by atoms with Crippen molar-refractivity contribution in [2.24, 2.45) is 22.9 Å². The van der Waals surface area contributed by atoms with E-state index < -0.39 is 0 Å². The minimum Gasteiger partial charge on any atom is -0.391 e. The Morgan fingerprint density at radius 2 is 1.79 bits per heavy atom. The quantitative estimate of drug-likeness (QED) is 0.673. The van der Waals surface area contributed by atoms with E-state index in [1.807, 2.05) is 18.2 Å². The second kappa shape index (κ2) is 6.40. The molecule has 1 N–H and O–H groups in total. The van der Waals surface area contributed by atoms with Gasteiger partial charge in [-0.15, -0.1) is 0 Å². The SMILES string of the molecule is Cc1ccc(C(=NOCc2ccccc2)C2C3CNCC32)cc1C. The lowest BCUT2D eigenvalue weighted by atomic mass is 9.99. The molecule has 2 aromatic carbocycles. The van der Waals surface area contributed by atoms with Gasteiger partial charge < -0.3 is 10.2 Å². The molecule has 2 atom stereocenters. The lowest BCUT2D eigenvalue weighted by Crippen LogP contribution is -2.20. The molecular weight excluding hydrogens is 296 g/mol. The van der Waals surface area contributed by atoms with Crippen LogP contribution >= 0.6 is 0 Å². The number of rotatable bonds is 5. The van der Waals surface area contributed by atoms with E-state index in [0.29, 0.717) is 12.5 Å². The minimum absolute atomic E-state index is 0.523. The fraction of sp³-hybridized carbons (Fsp3) is 0.381. The maximum atomic E-state index is 5.74. The Balaban J connectivity index is 1.56. The van der Waals surface area contributed by atoms with Crippen LogP contribution < -0.4 is 5.32 Å². The van der Waals surface area contributed by atoms with E-state index in [0.717, 1.165) is 36.2 Å². The molecule has 1 aliphatic heterocycles. The van der Waals surface area contributed by atoms with Crippen molar-refractivity contribution >= 4 is 5.71 Å². The zero-order valence-corrected chi connectivity index (χ0v) is 14.3. The summed E-state index contributed by atoms with van der Waals surface area (Å²) in [5.74, 6) is 2.00. The van der Waals surface area contributed by atoms with Crippen molar-refractivity contribution < 1.29 is 4.84 Å². The van der Waals surface area contributed by atoms with Crippen LogP contribution in [0.4, 0.5) is 0 Å². The first-order valence-electron chi connectivity index (χ1n) is 8.76. The Morgan fingerprint density at radius 3 is 2.50 bits per heavy atom. The number of fused-ring (bicyclic) bond motifs is 1. The predicted octanol–water partition coefficient (Wildman–Crippen LogP) is 3.69. The third-order valence-electron chi connectivity index (χ3n) is 5.45. The molecule has 2 fully saturated rings. The third-order valence-corrected chi connectivity index (χ3v) is 5.45. The van der Waals surface area contributed by atoms with Gasteiger partial charge in [0.05, 0.1) is 5.71 Å². The number of hydrogen-bond donors (Lipinski definition) is 1.